The van der Waals surface area contributed by atoms with Crippen molar-refractivity contribution in [2.75, 3.05) is 50.0 Å². The highest BCUT2D eigenvalue weighted by Gasteiger charge is 2.38. The first-order valence-electron chi connectivity index (χ1n) is 10.9. The first-order chi connectivity index (χ1) is 16.1. The van der Waals surface area contributed by atoms with Gasteiger partial charge in [0.05, 0.1) is 5.69 Å². The molecule has 3 rings (SSSR count). The van der Waals surface area contributed by atoms with Gasteiger partial charge in [-0.25, -0.2) is 14.8 Å². The number of aryl methyl sites for hydroxylation is 1. The first-order valence-corrected chi connectivity index (χ1v) is 10.9. The lowest BCUT2D eigenvalue weighted by molar-refractivity contribution is -0.140. The van der Waals surface area contributed by atoms with Crippen molar-refractivity contribution in [1.29, 1.82) is 0 Å². The number of nitrogens with zero attached hydrogens (tertiary/aromatic N) is 4. The molecule has 3 heterocycles. The number of anilines is 2. The van der Waals surface area contributed by atoms with Crippen molar-refractivity contribution >= 4 is 23.4 Å². The normalized spacial score (nSPS) is 14.6. The molecule has 2 aromatic heterocycles. The molecule has 0 radical (unpaired) electrons. The largest absolute Gasteiger partial charge is 0.435 e. The number of aromatic nitrogens is 2. The molecule has 34 heavy (non-hydrogen) atoms. The molecule has 0 unspecified atom stereocenters. The fourth-order valence-electron chi connectivity index (χ4n) is 3.79. The lowest BCUT2D eigenvalue weighted by Crippen LogP contribution is -2.46. The Balaban J connectivity index is 1.69. The third-order valence-corrected chi connectivity index (χ3v) is 5.31. The second-order valence-corrected chi connectivity index (χ2v) is 7.89. The third-order valence-electron chi connectivity index (χ3n) is 5.31. The molecule has 2 aromatic rings. The summed E-state index contributed by atoms with van der Waals surface area (Å²) in [6.45, 7) is 6.53. The summed E-state index contributed by atoms with van der Waals surface area (Å²) in [6, 6.07) is 5.98. The Morgan fingerprint density at radius 1 is 1.09 bits per heavy atom. The van der Waals surface area contributed by atoms with Crippen molar-refractivity contribution in [3.05, 3.63) is 46.9 Å². The van der Waals surface area contributed by atoms with E-state index in [2.05, 4.69) is 30.8 Å². The molecule has 1 aliphatic heterocycles. The van der Waals surface area contributed by atoms with Crippen LogP contribution in [-0.4, -0.2) is 66.6 Å². The zero-order valence-corrected chi connectivity index (χ0v) is 19.3. The van der Waals surface area contributed by atoms with Crippen LogP contribution in [0.25, 0.3) is 0 Å². The fraction of sp³-hybridized carbons (Fsp3) is 0.455. The number of carbonyl (C=O) groups is 2. The van der Waals surface area contributed by atoms with Crippen molar-refractivity contribution in [1.82, 2.24) is 25.5 Å². The third kappa shape index (κ3) is 6.34. The second kappa shape index (κ2) is 10.7. The van der Waals surface area contributed by atoms with E-state index >= 15 is 0 Å². The van der Waals surface area contributed by atoms with Gasteiger partial charge in [0.25, 0.3) is 5.91 Å². The number of pyridine rings is 2. The van der Waals surface area contributed by atoms with Crippen LogP contribution in [0.1, 0.15) is 34.4 Å². The van der Waals surface area contributed by atoms with Crippen LogP contribution in [-0.2, 0) is 12.7 Å². The summed E-state index contributed by atoms with van der Waals surface area (Å²) in [5, 5.41) is 7.64. The van der Waals surface area contributed by atoms with Crippen molar-refractivity contribution in [3.63, 3.8) is 0 Å². The van der Waals surface area contributed by atoms with Crippen LogP contribution >= 0.6 is 0 Å². The molecule has 0 aliphatic carbocycles. The van der Waals surface area contributed by atoms with Crippen molar-refractivity contribution in [2.45, 2.75) is 26.6 Å². The molecule has 1 saturated heterocycles. The Labute approximate surface area is 195 Å². The summed E-state index contributed by atoms with van der Waals surface area (Å²) < 4.78 is 41.0. The highest BCUT2D eigenvalue weighted by Crippen LogP contribution is 2.35. The van der Waals surface area contributed by atoms with Gasteiger partial charge in [0.1, 0.15) is 11.5 Å². The molecule has 12 heteroatoms. The van der Waals surface area contributed by atoms with Crippen LogP contribution in [0.2, 0.25) is 0 Å². The van der Waals surface area contributed by atoms with E-state index in [9.17, 15) is 22.8 Å². The minimum atomic E-state index is -4.68. The molecule has 1 fully saturated rings. The Hall–Kier alpha value is -3.41. The van der Waals surface area contributed by atoms with Crippen molar-refractivity contribution < 1.29 is 22.8 Å². The fourth-order valence-corrected chi connectivity index (χ4v) is 3.79. The van der Waals surface area contributed by atoms with Gasteiger partial charge in [-0.05, 0) is 43.7 Å². The molecule has 0 atom stereocenters. The van der Waals surface area contributed by atoms with Crippen LogP contribution in [0.5, 0.6) is 0 Å². The Morgan fingerprint density at radius 3 is 2.41 bits per heavy atom. The van der Waals surface area contributed by atoms with Gasteiger partial charge in [0.15, 0.2) is 5.69 Å². The topological polar surface area (TPSA) is 102 Å². The second-order valence-electron chi connectivity index (χ2n) is 7.89. The SMILES string of the molecule is CCNC(=O)Nc1cc(CN2CCN(c3ccc(C(=O)NC)nc3C(F)(F)F)CC2)cc(C)n1. The monoisotopic (exact) mass is 479 g/mol. The molecular weight excluding hydrogens is 451 g/mol. The maximum Gasteiger partial charge on any atom is 0.435 e. The van der Waals surface area contributed by atoms with Gasteiger partial charge in [-0.3, -0.25) is 15.0 Å². The van der Waals surface area contributed by atoms with Crippen LogP contribution in [0, 0.1) is 6.92 Å². The molecule has 0 spiro atoms. The number of carbonyl (C=O) groups excluding carboxylic acids is 2. The minimum Gasteiger partial charge on any atom is -0.367 e. The minimum absolute atomic E-state index is 0.0343. The number of hydrogen-bond acceptors (Lipinski definition) is 6. The molecule has 0 aromatic carbocycles. The van der Waals surface area contributed by atoms with E-state index in [1.807, 2.05) is 19.9 Å². The number of alkyl halides is 3. The summed E-state index contributed by atoms with van der Waals surface area (Å²) >= 11 is 0. The zero-order valence-electron chi connectivity index (χ0n) is 19.3. The van der Waals surface area contributed by atoms with Crippen LogP contribution < -0.4 is 20.9 Å². The summed E-state index contributed by atoms with van der Waals surface area (Å²) in [4.78, 5) is 35.2. The molecule has 0 saturated carbocycles. The van der Waals surface area contributed by atoms with E-state index in [0.717, 1.165) is 11.3 Å². The molecular formula is C22H28F3N7O2. The highest BCUT2D eigenvalue weighted by atomic mass is 19.4. The number of rotatable bonds is 6. The molecule has 3 N–H and O–H groups in total. The van der Waals surface area contributed by atoms with E-state index in [4.69, 9.17) is 0 Å². The molecule has 9 nitrogen and oxygen atoms in total. The van der Waals surface area contributed by atoms with Gasteiger partial charge < -0.3 is 15.5 Å². The Kier molecular flexibility index (Phi) is 7.92. The maximum absolute atomic E-state index is 13.7. The van der Waals surface area contributed by atoms with Crippen molar-refractivity contribution in [3.8, 4) is 0 Å². The number of nitrogens with one attached hydrogen (secondary N) is 3. The van der Waals surface area contributed by atoms with E-state index in [1.165, 1.54) is 19.2 Å². The Morgan fingerprint density at radius 2 is 1.79 bits per heavy atom. The van der Waals surface area contributed by atoms with Crippen LogP contribution in [0.4, 0.5) is 29.5 Å². The lowest BCUT2D eigenvalue weighted by atomic mass is 10.1. The van der Waals surface area contributed by atoms with Crippen molar-refractivity contribution in [2.24, 2.45) is 0 Å². The highest BCUT2D eigenvalue weighted by molar-refractivity contribution is 5.92. The van der Waals surface area contributed by atoms with Crippen LogP contribution in [0.3, 0.4) is 0 Å². The standard InChI is InChI=1S/C22H28F3N7O2/c1-4-27-21(34)30-18-12-15(11-14(2)28-18)13-31-7-9-32(10-8-31)17-6-5-16(20(33)26-3)29-19(17)22(23,24)25/h5-6,11-12H,4,7-10,13H2,1-3H3,(H,26,33)(H2,27,28,30,34). The first kappa shape index (κ1) is 25.2. The number of urea groups is 1. The summed E-state index contributed by atoms with van der Waals surface area (Å²) in [7, 11) is 1.34. The summed E-state index contributed by atoms with van der Waals surface area (Å²) in [5.41, 5.74) is 0.323. The van der Waals surface area contributed by atoms with Gasteiger partial charge in [-0.1, -0.05) is 0 Å². The smallest absolute Gasteiger partial charge is 0.367 e. The van der Waals surface area contributed by atoms with Gasteiger partial charge in [0, 0.05) is 52.0 Å². The Bertz CT molecular complexity index is 1040. The average molecular weight is 480 g/mol. The van der Waals surface area contributed by atoms with E-state index < -0.39 is 17.8 Å². The van der Waals surface area contributed by atoms with Gasteiger partial charge >= 0.3 is 12.2 Å². The van der Waals surface area contributed by atoms with Gasteiger partial charge in [0.2, 0.25) is 0 Å². The predicted molar refractivity (Wildman–Crippen MR) is 122 cm³/mol. The number of hydrogen-bond donors (Lipinski definition) is 3. The molecule has 184 valence electrons. The number of piperazine rings is 1. The van der Waals surface area contributed by atoms with E-state index in [0.29, 0.717) is 45.1 Å². The van der Waals surface area contributed by atoms with Crippen LogP contribution in [0.15, 0.2) is 24.3 Å². The summed E-state index contributed by atoms with van der Waals surface area (Å²) in [5.74, 6) is -0.229. The predicted octanol–water partition coefficient (Wildman–Crippen LogP) is 2.63. The van der Waals surface area contributed by atoms with E-state index in [-0.39, 0.29) is 17.4 Å². The molecule has 3 amide bonds. The number of amides is 3. The van der Waals surface area contributed by atoms with E-state index in [1.54, 1.807) is 11.0 Å². The zero-order chi connectivity index (χ0) is 24.9. The number of halogens is 3. The lowest BCUT2D eigenvalue weighted by Gasteiger charge is -2.37. The average Bonchev–Trinajstić information content (AvgIpc) is 2.78. The summed E-state index contributed by atoms with van der Waals surface area (Å²) in [6.07, 6.45) is -4.68. The molecule has 1 aliphatic rings. The molecule has 0 bridgehead atoms. The van der Waals surface area contributed by atoms with Gasteiger partial charge in [-0.2, -0.15) is 13.2 Å². The quantitative estimate of drug-likeness (QED) is 0.589. The van der Waals surface area contributed by atoms with Gasteiger partial charge in [-0.15, -0.1) is 0 Å². The maximum atomic E-state index is 13.7.